The maximum absolute atomic E-state index is 5.12. The molecule has 0 unspecified atom stereocenters. The first-order valence-electron chi connectivity index (χ1n) is 15.5. The molecule has 0 radical (unpaired) electrons. The van der Waals surface area contributed by atoms with E-state index in [4.69, 9.17) is 9.97 Å². The quantitative estimate of drug-likeness (QED) is 0.193. The van der Waals surface area contributed by atoms with E-state index >= 15 is 0 Å². The van der Waals surface area contributed by atoms with Gasteiger partial charge in [0.2, 0.25) is 5.95 Å². The van der Waals surface area contributed by atoms with Gasteiger partial charge in [0, 0.05) is 32.5 Å². The summed E-state index contributed by atoms with van der Waals surface area (Å²) in [6.45, 7) is 0. The van der Waals surface area contributed by atoms with Crippen LogP contribution in [-0.2, 0) is 0 Å². The summed E-state index contributed by atoms with van der Waals surface area (Å²) in [5.41, 5.74) is 8.90. The predicted octanol–water partition coefficient (Wildman–Crippen LogP) is 10.0. The molecule has 0 aliphatic carbocycles. The summed E-state index contributed by atoms with van der Waals surface area (Å²) in [4.78, 5) is 14.5. The molecule has 0 saturated carbocycles. The number of aromatic nitrogens is 5. The Bertz CT molecular complexity index is 2810. The van der Waals surface area contributed by atoms with E-state index in [2.05, 4.69) is 153 Å². The summed E-state index contributed by atoms with van der Waals surface area (Å²) >= 11 is 0. The highest BCUT2D eigenvalue weighted by atomic mass is 15.2. The van der Waals surface area contributed by atoms with Crippen LogP contribution in [0.25, 0.3) is 88.4 Å². The Morgan fingerprint density at radius 1 is 0.391 bits per heavy atom. The molecule has 46 heavy (non-hydrogen) atoms. The first kappa shape index (κ1) is 25.0. The van der Waals surface area contributed by atoms with Crippen LogP contribution >= 0.6 is 0 Å². The minimum Gasteiger partial charge on any atom is -0.309 e. The number of rotatable bonds is 3. The summed E-state index contributed by atoms with van der Waals surface area (Å²) in [6, 6.07) is 51.5. The predicted molar refractivity (Wildman–Crippen MR) is 189 cm³/mol. The molecule has 0 spiro atoms. The molecule has 0 amide bonds. The van der Waals surface area contributed by atoms with Crippen molar-refractivity contribution in [3.63, 3.8) is 0 Å². The molecule has 0 N–H and O–H groups in total. The van der Waals surface area contributed by atoms with Crippen LogP contribution in [0, 0.1) is 0 Å². The Morgan fingerprint density at radius 3 is 1.85 bits per heavy atom. The summed E-state index contributed by atoms with van der Waals surface area (Å²) in [5.74, 6) is 1.23. The fourth-order valence-corrected chi connectivity index (χ4v) is 7.25. The molecule has 5 heteroatoms. The van der Waals surface area contributed by atoms with Gasteiger partial charge in [0.25, 0.3) is 0 Å². The number of fused-ring (bicyclic) bond motifs is 12. The topological polar surface area (TPSA) is 48.0 Å². The van der Waals surface area contributed by atoms with Crippen LogP contribution in [0.4, 0.5) is 0 Å². The standard InChI is InChI=1S/C41H25N5/c1-2-11-26(12-3-1)27-13-10-14-28(23-27)40-42-25-43-41(44-40)46-36-20-9-7-18-32(36)33-21-22-37-34(39(33)46)24-38-31-17-5-4-15-29(31)30-16-6-8-19-35(30)45(37)38/h1-25H. The van der Waals surface area contributed by atoms with Gasteiger partial charge in [-0.2, -0.15) is 4.98 Å². The van der Waals surface area contributed by atoms with E-state index in [0.29, 0.717) is 11.8 Å². The summed E-state index contributed by atoms with van der Waals surface area (Å²) in [7, 11) is 0. The van der Waals surface area contributed by atoms with Crippen LogP contribution in [0.5, 0.6) is 0 Å². The number of hydrogen-bond donors (Lipinski definition) is 0. The Balaban J connectivity index is 1.28. The van der Waals surface area contributed by atoms with Crippen molar-refractivity contribution >= 4 is 59.9 Å². The van der Waals surface area contributed by atoms with Gasteiger partial charge in [0.05, 0.1) is 27.6 Å². The smallest absolute Gasteiger partial charge is 0.238 e. The maximum atomic E-state index is 5.12. The highest BCUT2D eigenvalue weighted by Gasteiger charge is 2.20. The van der Waals surface area contributed by atoms with Gasteiger partial charge in [-0.05, 0) is 46.8 Å². The third kappa shape index (κ3) is 3.54. The molecule has 0 fully saturated rings. The Labute approximate surface area is 263 Å². The van der Waals surface area contributed by atoms with E-state index < -0.39 is 0 Å². The number of pyridine rings is 1. The number of para-hydroxylation sites is 2. The molecule has 0 saturated heterocycles. The van der Waals surface area contributed by atoms with Crippen molar-refractivity contribution in [2.24, 2.45) is 0 Å². The molecular formula is C41H25N5. The molecule has 6 aromatic carbocycles. The Hall–Kier alpha value is -6.33. The molecule has 4 aromatic heterocycles. The van der Waals surface area contributed by atoms with Crippen LogP contribution in [0.2, 0.25) is 0 Å². The number of hydrogen-bond acceptors (Lipinski definition) is 3. The number of nitrogens with zero attached hydrogens (tertiary/aromatic N) is 5. The molecule has 10 aromatic rings. The lowest BCUT2D eigenvalue weighted by molar-refractivity contribution is 0.948. The molecular weight excluding hydrogens is 562 g/mol. The van der Waals surface area contributed by atoms with Crippen molar-refractivity contribution in [1.29, 1.82) is 0 Å². The van der Waals surface area contributed by atoms with E-state index in [9.17, 15) is 0 Å². The van der Waals surface area contributed by atoms with Crippen LogP contribution < -0.4 is 0 Å². The van der Waals surface area contributed by atoms with E-state index in [1.54, 1.807) is 6.33 Å². The monoisotopic (exact) mass is 587 g/mol. The molecule has 0 aliphatic heterocycles. The second-order valence-electron chi connectivity index (χ2n) is 11.7. The van der Waals surface area contributed by atoms with Gasteiger partial charge >= 0.3 is 0 Å². The second kappa shape index (κ2) is 9.58. The molecule has 0 atom stereocenters. The first-order chi connectivity index (χ1) is 22.8. The van der Waals surface area contributed by atoms with Crippen LogP contribution in [-0.4, -0.2) is 23.9 Å². The molecule has 5 nitrogen and oxygen atoms in total. The van der Waals surface area contributed by atoms with Crippen molar-refractivity contribution < 1.29 is 0 Å². The van der Waals surface area contributed by atoms with E-state index in [1.165, 1.54) is 32.6 Å². The first-order valence-corrected chi connectivity index (χ1v) is 15.5. The summed E-state index contributed by atoms with van der Waals surface area (Å²) in [5, 5.41) is 7.21. The lowest BCUT2D eigenvalue weighted by atomic mass is 10.0. The highest BCUT2D eigenvalue weighted by molar-refractivity contribution is 6.22. The van der Waals surface area contributed by atoms with Crippen molar-refractivity contribution in [3.05, 3.63) is 152 Å². The Morgan fingerprint density at radius 2 is 1.02 bits per heavy atom. The molecule has 0 bridgehead atoms. The minimum atomic E-state index is 0.596. The van der Waals surface area contributed by atoms with Gasteiger partial charge < -0.3 is 4.40 Å². The van der Waals surface area contributed by atoms with Crippen molar-refractivity contribution in [2.45, 2.75) is 0 Å². The van der Waals surface area contributed by atoms with Crippen LogP contribution in [0.3, 0.4) is 0 Å². The number of benzene rings is 6. The largest absolute Gasteiger partial charge is 0.309 e. The zero-order valence-electron chi connectivity index (χ0n) is 24.7. The molecule has 0 aliphatic rings. The van der Waals surface area contributed by atoms with Gasteiger partial charge in [-0.3, -0.25) is 4.57 Å². The van der Waals surface area contributed by atoms with Crippen LogP contribution in [0.1, 0.15) is 0 Å². The highest BCUT2D eigenvalue weighted by Crippen LogP contribution is 2.40. The van der Waals surface area contributed by atoms with Gasteiger partial charge in [-0.1, -0.05) is 115 Å². The molecule has 4 heterocycles. The van der Waals surface area contributed by atoms with Crippen LogP contribution in [0.15, 0.2) is 152 Å². The van der Waals surface area contributed by atoms with E-state index in [-0.39, 0.29) is 0 Å². The van der Waals surface area contributed by atoms with E-state index in [1.807, 2.05) is 6.07 Å². The maximum Gasteiger partial charge on any atom is 0.238 e. The molecule has 214 valence electrons. The van der Waals surface area contributed by atoms with Crippen molar-refractivity contribution in [3.8, 4) is 28.5 Å². The van der Waals surface area contributed by atoms with Crippen molar-refractivity contribution in [2.75, 3.05) is 0 Å². The zero-order chi connectivity index (χ0) is 30.2. The van der Waals surface area contributed by atoms with Gasteiger partial charge in [-0.15, -0.1) is 0 Å². The van der Waals surface area contributed by atoms with Gasteiger partial charge in [0.15, 0.2) is 5.82 Å². The average molecular weight is 588 g/mol. The summed E-state index contributed by atoms with van der Waals surface area (Å²) < 4.78 is 4.62. The zero-order valence-corrected chi connectivity index (χ0v) is 24.7. The SMILES string of the molecule is c1ccc(-c2cccc(-c3ncnc(-n4c5ccccc5c5ccc6c(cc7c8ccccc8c8ccccc8n76)c54)n3)c2)cc1. The van der Waals surface area contributed by atoms with Gasteiger partial charge in [-0.25, -0.2) is 9.97 Å². The second-order valence-corrected chi connectivity index (χ2v) is 11.7. The lowest BCUT2D eigenvalue weighted by Gasteiger charge is -2.10. The third-order valence-corrected chi connectivity index (χ3v) is 9.24. The van der Waals surface area contributed by atoms with Crippen molar-refractivity contribution in [1.82, 2.24) is 23.9 Å². The average Bonchev–Trinajstić information content (AvgIpc) is 3.69. The van der Waals surface area contributed by atoms with E-state index in [0.717, 1.165) is 44.0 Å². The minimum absolute atomic E-state index is 0.596. The Kier molecular flexibility index (Phi) is 5.22. The lowest BCUT2D eigenvalue weighted by Crippen LogP contribution is -2.03. The molecule has 10 rings (SSSR count). The third-order valence-electron chi connectivity index (χ3n) is 9.24. The van der Waals surface area contributed by atoms with Gasteiger partial charge in [0.1, 0.15) is 6.33 Å². The fraction of sp³-hybridized carbons (Fsp3) is 0. The fourth-order valence-electron chi connectivity index (χ4n) is 7.25. The summed E-state index contributed by atoms with van der Waals surface area (Å²) in [6.07, 6.45) is 1.63. The normalized spacial score (nSPS) is 11.9.